The third kappa shape index (κ3) is 3.82. The molecule has 2 aliphatic rings. The lowest BCUT2D eigenvalue weighted by Crippen LogP contribution is -2.39. The molecule has 0 radical (unpaired) electrons. The number of rotatable bonds is 5. The maximum absolute atomic E-state index is 11.2. The van der Waals surface area contributed by atoms with Gasteiger partial charge in [0.25, 0.3) is 0 Å². The normalized spacial score (nSPS) is 23.6. The quantitative estimate of drug-likeness (QED) is 0.468. The Morgan fingerprint density at radius 3 is 2.91 bits per heavy atom. The van der Waals surface area contributed by atoms with Crippen molar-refractivity contribution in [1.82, 2.24) is 4.98 Å². The fourth-order valence-corrected chi connectivity index (χ4v) is 4.81. The molecule has 6 rings (SSSR count). The minimum Gasteiger partial charge on any atom is -0.473 e. The van der Waals surface area contributed by atoms with E-state index < -0.39 is 11.9 Å². The molecule has 170 valence electrons. The number of hydrogen-bond acceptors (Lipinski definition) is 7. The van der Waals surface area contributed by atoms with E-state index in [0.717, 1.165) is 27.5 Å². The number of aliphatic hydroxyl groups is 1. The van der Waals surface area contributed by atoms with Crippen LogP contribution in [0.2, 0.25) is 0 Å². The van der Waals surface area contributed by atoms with Crippen LogP contribution in [0, 0.1) is 11.3 Å². The van der Waals surface area contributed by atoms with Crippen molar-refractivity contribution in [2.45, 2.75) is 37.4 Å². The van der Waals surface area contributed by atoms with E-state index in [1.807, 2.05) is 48.5 Å². The molecule has 2 aromatic carbocycles. The zero-order chi connectivity index (χ0) is 23.1. The third-order valence-electron chi connectivity index (χ3n) is 6.45. The van der Waals surface area contributed by atoms with E-state index in [1.165, 1.54) is 0 Å². The van der Waals surface area contributed by atoms with Gasteiger partial charge in [-0.2, -0.15) is 5.26 Å². The first-order valence-electron chi connectivity index (χ1n) is 11.2. The van der Waals surface area contributed by atoms with Crippen LogP contribution in [0.1, 0.15) is 29.7 Å². The number of furan rings is 1. The molecule has 0 spiro atoms. The van der Waals surface area contributed by atoms with E-state index in [9.17, 15) is 10.4 Å². The number of hydrogen-bond donors (Lipinski definition) is 1. The van der Waals surface area contributed by atoms with Gasteiger partial charge in [-0.3, -0.25) is 0 Å². The topological polar surface area (TPSA) is 97.7 Å². The maximum atomic E-state index is 11.2. The first-order chi connectivity index (χ1) is 16.6. The number of benzene rings is 2. The van der Waals surface area contributed by atoms with E-state index in [-0.39, 0.29) is 6.10 Å². The van der Waals surface area contributed by atoms with Crippen LogP contribution in [0.15, 0.2) is 71.5 Å². The number of aromatic nitrogens is 1. The van der Waals surface area contributed by atoms with Gasteiger partial charge >= 0.3 is 0 Å². The van der Waals surface area contributed by atoms with Crippen LogP contribution in [0.4, 0.5) is 0 Å². The van der Waals surface area contributed by atoms with Gasteiger partial charge in [0, 0.05) is 24.5 Å². The standard InChI is InChI=1S/C27H22N2O5/c28-13-18-9-20-8-17(4-5-22(20)23(10-18)19-6-7-31-15-19)14-32-25-3-1-2-24(29-25)27(30)11-21-16-33-26(12-27)34-21/h1-10,15,21,26,30H,11-12,14,16H2/t21-,26+,27-/m0/s1. The molecule has 2 saturated heterocycles. The van der Waals surface area contributed by atoms with Gasteiger partial charge < -0.3 is 23.7 Å². The lowest BCUT2D eigenvalue weighted by molar-refractivity contribution is -0.160. The lowest BCUT2D eigenvalue weighted by atomic mass is 9.87. The lowest BCUT2D eigenvalue weighted by Gasteiger charge is -2.34. The highest BCUT2D eigenvalue weighted by Gasteiger charge is 2.46. The summed E-state index contributed by atoms with van der Waals surface area (Å²) < 4.78 is 22.4. The second-order valence-corrected chi connectivity index (χ2v) is 8.81. The molecule has 4 heterocycles. The molecule has 2 fully saturated rings. The smallest absolute Gasteiger partial charge is 0.213 e. The monoisotopic (exact) mass is 454 g/mol. The van der Waals surface area contributed by atoms with E-state index in [4.69, 9.17) is 18.6 Å². The van der Waals surface area contributed by atoms with Crippen LogP contribution in [0.25, 0.3) is 21.9 Å². The molecule has 3 atom stereocenters. The van der Waals surface area contributed by atoms with Crippen LogP contribution in [0.5, 0.6) is 5.88 Å². The number of fused-ring (bicyclic) bond motifs is 3. The average Bonchev–Trinajstić information content (AvgIpc) is 3.52. The second kappa shape index (κ2) is 8.26. The van der Waals surface area contributed by atoms with Crippen molar-refractivity contribution in [3.63, 3.8) is 0 Å². The highest BCUT2D eigenvalue weighted by Crippen LogP contribution is 2.40. The number of nitriles is 1. The van der Waals surface area contributed by atoms with E-state index in [0.29, 0.717) is 43.2 Å². The summed E-state index contributed by atoms with van der Waals surface area (Å²) in [6.07, 6.45) is 3.60. The molecule has 2 aromatic heterocycles. The molecule has 0 amide bonds. The number of nitrogens with zero attached hydrogens (tertiary/aromatic N) is 2. The van der Waals surface area contributed by atoms with Crippen LogP contribution >= 0.6 is 0 Å². The highest BCUT2D eigenvalue weighted by molar-refractivity contribution is 5.98. The molecule has 0 aliphatic carbocycles. The summed E-state index contributed by atoms with van der Waals surface area (Å²) in [5.74, 6) is 0.440. The predicted molar refractivity (Wildman–Crippen MR) is 123 cm³/mol. The maximum Gasteiger partial charge on any atom is 0.213 e. The molecule has 34 heavy (non-hydrogen) atoms. The van der Waals surface area contributed by atoms with Gasteiger partial charge in [-0.15, -0.1) is 0 Å². The third-order valence-corrected chi connectivity index (χ3v) is 6.45. The molecule has 0 unspecified atom stereocenters. The Kier molecular flexibility index (Phi) is 5.07. The van der Waals surface area contributed by atoms with E-state index >= 15 is 0 Å². The SMILES string of the molecule is N#Cc1cc(-c2ccoc2)c2ccc(COc3cccc([C@]4(O)C[C@H]5CO[C@@H](C4)O5)n3)cc2c1. The van der Waals surface area contributed by atoms with Gasteiger partial charge in [0.15, 0.2) is 6.29 Å². The summed E-state index contributed by atoms with van der Waals surface area (Å²) in [6.45, 7) is 0.807. The summed E-state index contributed by atoms with van der Waals surface area (Å²) in [6, 6.07) is 19.4. The molecule has 7 nitrogen and oxygen atoms in total. The zero-order valence-electron chi connectivity index (χ0n) is 18.3. The van der Waals surface area contributed by atoms with Crippen molar-refractivity contribution in [1.29, 1.82) is 5.26 Å². The van der Waals surface area contributed by atoms with Gasteiger partial charge in [0.2, 0.25) is 5.88 Å². The van der Waals surface area contributed by atoms with Crippen molar-refractivity contribution in [3.05, 3.63) is 83.9 Å². The molecule has 4 aromatic rings. The van der Waals surface area contributed by atoms with E-state index in [1.54, 1.807) is 18.6 Å². The fourth-order valence-electron chi connectivity index (χ4n) is 4.81. The minimum atomic E-state index is -1.09. The fraction of sp³-hybridized carbons (Fsp3) is 0.259. The minimum absolute atomic E-state index is 0.113. The predicted octanol–water partition coefficient (Wildman–Crippen LogP) is 4.67. The van der Waals surface area contributed by atoms with Crippen molar-refractivity contribution in [2.75, 3.05) is 6.61 Å². The molecular weight excluding hydrogens is 432 g/mol. The number of ether oxygens (including phenoxy) is 3. The van der Waals surface area contributed by atoms with Gasteiger partial charge in [0.1, 0.15) is 12.2 Å². The van der Waals surface area contributed by atoms with Crippen LogP contribution < -0.4 is 4.74 Å². The Hall–Kier alpha value is -3.70. The largest absolute Gasteiger partial charge is 0.473 e. The highest BCUT2D eigenvalue weighted by atomic mass is 16.7. The Morgan fingerprint density at radius 1 is 1.15 bits per heavy atom. The van der Waals surface area contributed by atoms with Crippen molar-refractivity contribution >= 4 is 10.8 Å². The summed E-state index contributed by atoms with van der Waals surface area (Å²) >= 11 is 0. The average molecular weight is 454 g/mol. The van der Waals surface area contributed by atoms with Crippen molar-refractivity contribution in [3.8, 4) is 23.1 Å². The van der Waals surface area contributed by atoms with Gasteiger partial charge in [0.05, 0.1) is 42.6 Å². The second-order valence-electron chi connectivity index (χ2n) is 8.81. The van der Waals surface area contributed by atoms with Crippen molar-refractivity contribution in [2.24, 2.45) is 0 Å². The van der Waals surface area contributed by atoms with Crippen LogP contribution in [0.3, 0.4) is 0 Å². The molecular formula is C27H22N2O5. The molecule has 1 N–H and O–H groups in total. The van der Waals surface area contributed by atoms with Crippen LogP contribution in [-0.4, -0.2) is 29.1 Å². The molecule has 2 aliphatic heterocycles. The Bertz CT molecular complexity index is 1380. The Labute approximate surface area is 196 Å². The molecule has 0 saturated carbocycles. The Balaban J connectivity index is 1.24. The summed E-state index contributed by atoms with van der Waals surface area (Å²) in [5, 5.41) is 22.7. The van der Waals surface area contributed by atoms with Gasteiger partial charge in [-0.25, -0.2) is 4.98 Å². The first kappa shape index (κ1) is 20.9. The van der Waals surface area contributed by atoms with E-state index in [2.05, 4.69) is 11.1 Å². The molecule has 2 bridgehead atoms. The summed E-state index contributed by atoms with van der Waals surface area (Å²) in [7, 11) is 0. The molecule has 7 heteroatoms. The van der Waals surface area contributed by atoms with Gasteiger partial charge in [-0.05, 0) is 52.2 Å². The summed E-state index contributed by atoms with van der Waals surface area (Å²) in [4.78, 5) is 4.58. The van der Waals surface area contributed by atoms with Crippen LogP contribution in [-0.2, 0) is 21.7 Å². The van der Waals surface area contributed by atoms with Crippen molar-refractivity contribution < 1.29 is 23.7 Å². The van der Waals surface area contributed by atoms with Gasteiger partial charge in [-0.1, -0.05) is 18.2 Å². The zero-order valence-corrected chi connectivity index (χ0v) is 18.3. The Morgan fingerprint density at radius 2 is 2.09 bits per heavy atom. The first-order valence-corrected chi connectivity index (χ1v) is 11.2. The number of pyridine rings is 1. The summed E-state index contributed by atoms with van der Waals surface area (Å²) in [5.41, 5.74) is 2.88.